The second-order valence-electron chi connectivity index (χ2n) is 6.05. The predicted molar refractivity (Wildman–Crippen MR) is 86.7 cm³/mol. The standard InChI is InChI=1S/C17H27NO4/c1-11(2)14-8-7-12(3)16(15(14)17(20)21-6)22-10-13(19)9-18(4)5/h7-8,11,13,19H,9-10H2,1-6H3. The predicted octanol–water partition coefficient (Wildman–Crippen LogP) is 2.21. The summed E-state index contributed by atoms with van der Waals surface area (Å²) in [7, 11) is 5.13. The van der Waals surface area contributed by atoms with Crippen LogP contribution < -0.4 is 4.74 Å². The normalized spacial score (nSPS) is 12.6. The van der Waals surface area contributed by atoms with E-state index in [0.29, 0.717) is 17.9 Å². The second kappa shape index (κ2) is 8.15. The van der Waals surface area contributed by atoms with Crippen LogP contribution in [0.4, 0.5) is 0 Å². The van der Waals surface area contributed by atoms with Crippen LogP contribution in [-0.4, -0.2) is 56.4 Å². The van der Waals surface area contributed by atoms with Gasteiger partial charge in [0.1, 0.15) is 24.0 Å². The van der Waals surface area contributed by atoms with Gasteiger partial charge in [0.25, 0.3) is 0 Å². The minimum Gasteiger partial charge on any atom is -0.490 e. The Morgan fingerprint density at radius 3 is 2.45 bits per heavy atom. The second-order valence-corrected chi connectivity index (χ2v) is 6.05. The molecule has 0 aliphatic rings. The molecule has 22 heavy (non-hydrogen) atoms. The maximum Gasteiger partial charge on any atom is 0.341 e. The van der Waals surface area contributed by atoms with Gasteiger partial charge in [-0.2, -0.15) is 0 Å². The molecule has 124 valence electrons. The summed E-state index contributed by atoms with van der Waals surface area (Å²) in [6.45, 7) is 6.54. The first-order valence-corrected chi connectivity index (χ1v) is 7.45. The average Bonchev–Trinajstić information content (AvgIpc) is 2.43. The molecular formula is C17H27NO4. The molecule has 1 aromatic rings. The highest BCUT2D eigenvalue weighted by atomic mass is 16.5. The number of methoxy groups -OCH3 is 1. The van der Waals surface area contributed by atoms with Gasteiger partial charge < -0.3 is 19.5 Å². The van der Waals surface area contributed by atoms with Crippen LogP contribution in [0, 0.1) is 6.92 Å². The Bertz CT molecular complexity index is 512. The van der Waals surface area contributed by atoms with Crippen molar-refractivity contribution in [3.8, 4) is 5.75 Å². The minimum atomic E-state index is -0.623. The van der Waals surface area contributed by atoms with E-state index in [2.05, 4.69) is 0 Å². The van der Waals surface area contributed by atoms with Gasteiger partial charge in [-0.1, -0.05) is 26.0 Å². The van der Waals surface area contributed by atoms with Crippen LogP contribution in [0.3, 0.4) is 0 Å². The van der Waals surface area contributed by atoms with Crippen molar-refractivity contribution in [2.75, 3.05) is 34.4 Å². The molecule has 5 nitrogen and oxygen atoms in total. The maximum absolute atomic E-state index is 12.2. The summed E-state index contributed by atoms with van der Waals surface area (Å²) in [6, 6.07) is 3.85. The van der Waals surface area contributed by atoms with Gasteiger partial charge in [-0.3, -0.25) is 0 Å². The summed E-state index contributed by atoms with van der Waals surface area (Å²) < 4.78 is 10.7. The summed E-state index contributed by atoms with van der Waals surface area (Å²) >= 11 is 0. The third-order valence-corrected chi connectivity index (χ3v) is 3.39. The number of aliphatic hydroxyl groups excluding tert-OH is 1. The molecule has 1 rings (SSSR count). The lowest BCUT2D eigenvalue weighted by Crippen LogP contribution is -2.31. The van der Waals surface area contributed by atoms with Crippen molar-refractivity contribution < 1.29 is 19.4 Å². The van der Waals surface area contributed by atoms with E-state index in [-0.39, 0.29) is 12.5 Å². The van der Waals surface area contributed by atoms with Crippen molar-refractivity contribution in [3.63, 3.8) is 0 Å². The van der Waals surface area contributed by atoms with Crippen LogP contribution in [-0.2, 0) is 4.74 Å². The Hall–Kier alpha value is -1.59. The van der Waals surface area contributed by atoms with Crippen molar-refractivity contribution in [1.29, 1.82) is 0 Å². The van der Waals surface area contributed by atoms with Crippen LogP contribution in [0.5, 0.6) is 5.75 Å². The SMILES string of the molecule is COC(=O)c1c(C(C)C)ccc(C)c1OCC(O)CN(C)C. The number of aryl methyl sites for hydroxylation is 1. The van der Waals surface area contributed by atoms with Gasteiger partial charge in [-0.15, -0.1) is 0 Å². The summed E-state index contributed by atoms with van der Waals surface area (Å²) in [6.07, 6.45) is -0.623. The molecule has 1 unspecified atom stereocenters. The molecule has 0 fully saturated rings. The first kappa shape index (κ1) is 18.5. The van der Waals surface area contributed by atoms with Gasteiger partial charge in [0.15, 0.2) is 0 Å². The fourth-order valence-corrected chi connectivity index (χ4v) is 2.34. The molecule has 1 N–H and O–H groups in total. The van der Waals surface area contributed by atoms with E-state index < -0.39 is 12.1 Å². The monoisotopic (exact) mass is 309 g/mol. The molecule has 0 heterocycles. The van der Waals surface area contributed by atoms with E-state index in [1.807, 2.05) is 51.9 Å². The molecular weight excluding hydrogens is 282 g/mol. The summed E-state index contributed by atoms with van der Waals surface area (Å²) in [5, 5.41) is 9.95. The first-order chi connectivity index (χ1) is 10.3. The number of nitrogens with zero attached hydrogens (tertiary/aromatic N) is 1. The highest BCUT2D eigenvalue weighted by Gasteiger charge is 2.22. The molecule has 0 aromatic heterocycles. The van der Waals surface area contributed by atoms with Gasteiger partial charge in [0.2, 0.25) is 0 Å². The zero-order chi connectivity index (χ0) is 16.9. The largest absolute Gasteiger partial charge is 0.490 e. The molecule has 0 saturated carbocycles. The number of likely N-dealkylation sites (N-methyl/N-ethyl adjacent to an activating group) is 1. The number of ether oxygens (including phenoxy) is 2. The number of esters is 1. The first-order valence-electron chi connectivity index (χ1n) is 7.45. The smallest absolute Gasteiger partial charge is 0.341 e. The Morgan fingerprint density at radius 2 is 1.95 bits per heavy atom. The molecule has 0 radical (unpaired) electrons. The summed E-state index contributed by atoms with van der Waals surface area (Å²) in [5.41, 5.74) is 2.19. The third-order valence-electron chi connectivity index (χ3n) is 3.39. The average molecular weight is 309 g/mol. The van der Waals surface area contributed by atoms with Crippen molar-refractivity contribution in [3.05, 3.63) is 28.8 Å². The number of hydrogen-bond acceptors (Lipinski definition) is 5. The molecule has 0 aliphatic carbocycles. The number of carbonyl (C=O) groups is 1. The van der Waals surface area contributed by atoms with Crippen LogP contribution >= 0.6 is 0 Å². The molecule has 0 bridgehead atoms. The van der Waals surface area contributed by atoms with Crippen molar-refractivity contribution in [1.82, 2.24) is 4.90 Å². The lowest BCUT2D eigenvalue weighted by Gasteiger charge is -2.21. The van der Waals surface area contributed by atoms with Gasteiger partial charge in [0, 0.05) is 6.54 Å². The van der Waals surface area contributed by atoms with Crippen molar-refractivity contribution in [2.45, 2.75) is 32.8 Å². The molecule has 1 atom stereocenters. The van der Waals surface area contributed by atoms with Gasteiger partial charge in [0.05, 0.1) is 7.11 Å². The van der Waals surface area contributed by atoms with Crippen LogP contribution in [0.2, 0.25) is 0 Å². The van der Waals surface area contributed by atoms with Gasteiger partial charge >= 0.3 is 5.97 Å². The van der Waals surface area contributed by atoms with E-state index in [0.717, 1.165) is 11.1 Å². The van der Waals surface area contributed by atoms with E-state index in [1.54, 1.807) is 0 Å². The van der Waals surface area contributed by atoms with Crippen LogP contribution in [0.1, 0.15) is 41.3 Å². The fraction of sp³-hybridized carbons (Fsp3) is 0.588. The highest BCUT2D eigenvalue weighted by Crippen LogP contribution is 2.32. The molecule has 0 aliphatic heterocycles. The minimum absolute atomic E-state index is 0.130. The lowest BCUT2D eigenvalue weighted by molar-refractivity contribution is 0.0579. The number of carbonyl (C=O) groups excluding carboxylic acids is 1. The summed E-state index contributed by atoms with van der Waals surface area (Å²) in [5.74, 6) is 0.254. The zero-order valence-electron chi connectivity index (χ0n) is 14.3. The van der Waals surface area contributed by atoms with E-state index in [9.17, 15) is 9.90 Å². The quantitative estimate of drug-likeness (QED) is 0.783. The molecule has 1 aromatic carbocycles. The summed E-state index contributed by atoms with van der Waals surface area (Å²) in [4.78, 5) is 14.0. The maximum atomic E-state index is 12.2. The Balaban J connectivity index is 3.11. The number of hydrogen-bond donors (Lipinski definition) is 1. The number of rotatable bonds is 7. The Morgan fingerprint density at radius 1 is 1.32 bits per heavy atom. The topological polar surface area (TPSA) is 59.0 Å². The van der Waals surface area contributed by atoms with Crippen LogP contribution in [0.15, 0.2) is 12.1 Å². The van der Waals surface area contributed by atoms with Crippen molar-refractivity contribution in [2.24, 2.45) is 0 Å². The van der Waals surface area contributed by atoms with Crippen molar-refractivity contribution >= 4 is 5.97 Å². The van der Waals surface area contributed by atoms with Gasteiger partial charge in [-0.05, 0) is 38.1 Å². The molecule has 0 saturated heterocycles. The number of aliphatic hydroxyl groups is 1. The molecule has 0 amide bonds. The zero-order valence-corrected chi connectivity index (χ0v) is 14.3. The Kier molecular flexibility index (Phi) is 6.84. The fourth-order valence-electron chi connectivity index (χ4n) is 2.34. The molecule has 0 spiro atoms. The third kappa shape index (κ3) is 4.71. The lowest BCUT2D eigenvalue weighted by atomic mass is 9.94. The van der Waals surface area contributed by atoms with E-state index in [4.69, 9.17) is 9.47 Å². The van der Waals surface area contributed by atoms with Crippen LogP contribution in [0.25, 0.3) is 0 Å². The van der Waals surface area contributed by atoms with Gasteiger partial charge in [-0.25, -0.2) is 4.79 Å². The number of benzene rings is 1. The Labute approximate surface area is 132 Å². The van der Waals surface area contributed by atoms with E-state index in [1.165, 1.54) is 7.11 Å². The molecule has 5 heteroatoms. The van der Waals surface area contributed by atoms with E-state index >= 15 is 0 Å². The highest BCUT2D eigenvalue weighted by molar-refractivity contribution is 5.95.